The maximum Gasteiger partial charge on any atom is 0.256 e. The molecule has 1 aromatic heterocycles. The fraction of sp³-hybridized carbons (Fsp3) is 0.300. The molecule has 0 spiro atoms. The molecule has 2 N–H and O–H groups in total. The van der Waals surface area contributed by atoms with E-state index in [1.54, 1.807) is 25.1 Å². The molecule has 1 aliphatic rings. The second kappa shape index (κ2) is 11.8. The normalized spacial score (nSPS) is 13.8. The maximum absolute atomic E-state index is 13.6. The van der Waals surface area contributed by atoms with Gasteiger partial charge in [-0.2, -0.15) is 0 Å². The highest BCUT2D eigenvalue weighted by atomic mass is 79.9. The van der Waals surface area contributed by atoms with Crippen LogP contribution in [0.1, 0.15) is 76.3 Å². The van der Waals surface area contributed by atoms with Crippen molar-refractivity contribution in [3.05, 3.63) is 86.6 Å². The number of nitrogens with zero attached hydrogens (tertiary/aromatic N) is 1. The molecule has 0 atom stereocenters. The van der Waals surface area contributed by atoms with E-state index in [2.05, 4.69) is 45.0 Å². The molecule has 6 nitrogen and oxygen atoms in total. The molecule has 0 bridgehead atoms. The lowest BCUT2D eigenvalue weighted by atomic mass is 9.96. The Bertz CT molecular complexity index is 1350. The maximum atomic E-state index is 13.6. The Hall–Kier alpha value is -3.29. The van der Waals surface area contributed by atoms with Crippen molar-refractivity contribution in [1.82, 2.24) is 9.88 Å². The minimum absolute atomic E-state index is 0.0252. The fourth-order valence-electron chi connectivity index (χ4n) is 4.77. The van der Waals surface area contributed by atoms with Crippen LogP contribution < -0.4 is 5.32 Å². The number of fused-ring (bicyclic) bond motifs is 1. The standard InChI is InChI=1S/C30H32BrN3O3/c1-4-34(5-2)16-10-9-13-26(35)28-19(3)27(29(36)20-11-7-6-8-12-20)25(32-28)18-23-22-17-21(31)14-15-24(22)33-30(23)37/h6-8,11-12,14-15,17-18,32H,4-5,9-10,13,16H2,1-3H3,(H,33,37)/b23-18-. The number of unbranched alkanes of at least 4 members (excludes halogenated alkanes) is 1. The summed E-state index contributed by atoms with van der Waals surface area (Å²) in [7, 11) is 0. The fourth-order valence-corrected chi connectivity index (χ4v) is 5.13. The monoisotopic (exact) mass is 561 g/mol. The summed E-state index contributed by atoms with van der Waals surface area (Å²) in [6, 6.07) is 14.6. The predicted molar refractivity (Wildman–Crippen MR) is 152 cm³/mol. The lowest BCUT2D eigenvalue weighted by molar-refractivity contribution is -0.110. The molecule has 3 aromatic rings. The summed E-state index contributed by atoms with van der Waals surface area (Å²) in [5.74, 6) is -0.458. The van der Waals surface area contributed by atoms with Gasteiger partial charge in [-0.1, -0.05) is 60.1 Å². The van der Waals surface area contributed by atoms with Crippen molar-refractivity contribution in [2.45, 2.75) is 40.0 Å². The van der Waals surface area contributed by atoms with Crippen molar-refractivity contribution in [2.75, 3.05) is 25.0 Å². The first-order valence-electron chi connectivity index (χ1n) is 12.7. The number of amides is 1. The summed E-state index contributed by atoms with van der Waals surface area (Å²) in [5.41, 5.74) is 4.36. The summed E-state index contributed by atoms with van der Waals surface area (Å²) in [6.45, 7) is 9.03. The summed E-state index contributed by atoms with van der Waals surface area (Å²) in [4.78, 5) is 45.3. The van der Waals surface area contributed by atoms with Crippen molar-refractivity contribution in [3.63, 3.8) is 0 Å². The largest absolute Gasteiger partial charge is 0.352 e. The Morgan fingerprint density at radius 1 is 1.03 bits per heavy atom. The molecular weight excluding hydrogens is 530 g/mol. The van der Waals surface area contributed by atoms with Crippen LogP contribution in [0.5, 0.6) is 0 Å². The van der Waals surface area contributed by atoms with Gasteiger partial charge in [0, 0.05) is 27.7 Å². The van der Waals surface area contributed by atoms with Crippen LogP contribution in [-0.2, 0) is 4.79 Å². The molecule has 0 unspecified atom stereocenters. The summed E-state index contributed by atoms with van der Waals surface area (Å²) < 4.78 is 0.845. The Morgan fingerprint density at radius 3 is 2.46 bits per heavy atom. The quantitative estimate of drug-likeness (QED) is 0.159. The SMILES string of the molecule is CCN(CC)CCCCC(=O)c1[nH]c(/C=C2\C(=O)Nc3ccc(Br)cc32)c(C(=O)c2ccccc2)c1C. The van der Waals surface area contributed by atoms with Gasteiger partial charge in [0.1, 0.15) is 0 Å². The lowest BCUT2D eigenvalue weighted by Crippen LogP contribution is -2.24. The van der Waals surface area contributed by atoms with E-state index in [0.29, 0.717) is 45.8 Å². The number of aromatic amines is 1. The topological polar surface area (TPSA) is 82.3 Å². The number of rotatable bonds is 11. The number of hydrogen-bond acceptors (Lipinski definition) is 4. The number of carbonyl (C=O) groups is 3. The van der Waals surface area contributed by atoms with Gasteiger partial charge < -0.3 is 15.2 Å². The number of carbonyl (C=O) groups excluding carboxylic acids is 3. The van der Waals surface area contributed by atoms with Crippen molar-refractivity contribution in [1.29, 1.82) is 0 Å². The molecule has 0 saturated carbocycles. The molecular formula is C30H32BrN3O3. The minimum atomic E-state index is -0.247. The number of nitrogens with one attached hydrogen (secondary N) is 2. The molecule has 0 saturated heterocycles. The van der Waals surface area contributed by atoms with E-state index in [-0.39, 0.29) is 17.5 Å². The average Bonchev–Trinajstić information content (AvgIpc) is 3.39. The van der Waals surface area contributed by atoms with Crippen molar-refractivity contribution in [2.24, 2.45) is 0 Å². The molecule has 2 heterocycles. The number of anilines is 1. The summed E-state index contributed by atoms with van der Waals surface area (Å²) in [6.07, 6.45) is 3.80. The highest BCUT2D eigenvalue weighted by molar-refractivity contribution is 9.10. The molecule has 2 aromatic carbocycles. The Balaban J connectivity index is 1.70. The van der Waals surface area contributed by atoms with Crippen molar-refractivity contribution in [3.8, 4) is 0 Å². The van der Waals surface area contributed by atoms with Crippen LogP contribution in [0, 0.1) is 6.92 Å². The van der Waals surface area contributed by atoms with Crippen LogP contribution in [0.4, 0.5) is 5.69 Å². The van der Waals surface area contributed by atoms with E-state index in [0.717, 1.165) is 42.5 Å². The van der Waals surface area contributed by atoms with Crippen LogP contribution >= 0.6 is 15.9 Å². The van der Waals surface area contributed by atoms with Crippen LogP contribution in [0.15, 0.2) is 53.0 Å². The third kappa shape index (κ3) is 5.84. The van der Waals surface area contributed by atoms with E-state index in [1.807, 2.05) is 36.4 Å². The molecule has 0 radical (unpaired) electrons. The zero-order chi connectivity index (χ0) is 26.5. The zero-order valence-corrected chi connectivity index (χ0v) is 23.1. The average molecular weight is 563 g/mol. The Kier molecular flexibility index (Phi) is 8.56. The molecule has 0 fully saturated rings. The van der Waals surface area contributed by atoms with Gasteiger partial charge in [0.15, 0.2) is 11.6 Å². The smallest absolute Gasteiger partial charge is 0.256 e. The first-order valence-corrected chi connectivity index (χ1v) is 13.5. The predicted octanol–water partition coefficient (Wildman–Crippen LogP) is 6.50. The third-order valence-corrected chi connectivity index (χ3v) is 7.39. The van der Waals surface area contributed by atoms with E-state index >= 15 is 0 Å². The van der Waals surface area contributed by atoms with Gasteiger partial charge in [-0.15, -0.1) is 0 Å². The van der Waals surface area contributed by atoms with Gasteiger partial charge in [-0.3, -0.25) is 14.4 Å². The van der Waals surface area contributed by atoms with E-state index < -0.39 is 0 Å². The van der Waals surface area contributed by atoms with Gasteiger partial charge in [0.2, 0.25) is 0 Å². The molecule has 37 heavy (non-hydrogen) atoms. The van der Waals surface area contributed by atoms with Crippen molar-refractivity contribution < 1.29 is 14.4 Å². The second-order valence-corrected chi connectivity index (χ2v) is 10.1. The highest BCUT2D eigenvalue weighted by Crippen LogP contribution is 2.36. The van der Waals surface area contributed by atoms with Crippen molar-refractivity contribution >= 4 is 50.7 Å². The van der Waals surface area contributed by atoms with E-state index in [1.165, 1.54) is 0 Å². The Morgan fingerprint density at radius 2 is 1.76 bits per heavy atom. The van der Waals surface area contributed by atoms with E-state index in [9.17, 15) is 14.4 Å². The van der Waals surface area contributed by atoms with Crippen LogP contribution in [-0.4, -0.2) is 47.0 Å². The molecule has 0 aliphatic carbocycles. The van der Waals surface area contributed by atoms with Gasteiger partial charge in [0.25, 0.3) is 5.91 Å². The molecule has 1 amide bonds. The van der Waals surface area contributed by atoms with Gasteiger partial charge >= 0.3 is 0 Å². The van der Waals surface area contributed by atoms with Gasteiger partial charge in [-0.05, 0) is 69.2 Å². The first kappa shape index (κ1) is 26.8. The van der Waals surface area contributed by atoms with Crippen LogP contribution in [0.3, 0.4) is 0 Å². The Labute approximate surface area is 226 Å². The van der Waals surface area contributed by atoms with Crippen LogP contribution in [0.2, 0.25) is 0 Å². The number of benzene rings is 2. The molecule has 7 heteroatoms. The third-order valence-electron chi connectivity index (χ3n) is 6.90. The zero-order valence-electron chi connectivity index (χ0n) is 21.5. The van der Waals surface area contributed by atoms with Gasteiger partial charge in [0.05, 0.1) is 22.5 Å². The number of Topliss-reactive ketones (excluding diaryl/α,β-unsaturated/α-hetero) is 1. The number of ketones is 2. The van der Waals surface area contributed by atoms with Crippen LogP contribution in [0.25, 0.3) is 11.6 Å². The number of H-pyrrole nitrogens is 1. The molecule has 4 rings (SSSR count). The minimum Gasteiger partial charge on any atom is -0.352 e. The second-order valence-electron chi connectivity index (χ2n) is 9.22. The first-order chi connectivity index (χ1) is 17.8. The number of aromatic nitrogens is 1. The summed E-state index contributed by atoms with van der Waals surface area (Å²) in [5, 5.41) is 2.87. The van der Waals surface area contributed by atoms with Gasteiger partial charge in [-0.25, -0.2) is 0 Å². The summed E-state index contributed by atoms with van der Waals surface area (Å²) >= 11 is 3.47. The number of halogens is 1. The number of hydrogen-bond donors (Lipinski definition) is 2. The lowest BCUT2D eigenvalue weighted by Gasteiger charge is -2.17. The molecule has 192 valence electrons. The molecule has 1 aliphatic heterocycles. The van der Waals surface area contributed by atoms with E-state index in [4.69, 9.17) is 0 Å². The highest BCUT2D eigenvalue weighted by Gasteiger charge is 2.28.